The van der Waals surface area contributed by atoms with Gasteiger partial charge >= 0.3 is 5.97 Å². The Bertz CT molecular complexity index is 1360. The maximum absolute atomic E-state index is 14.9. The summed E-state index contributed by atoms with van der Waals surface area (Å²) in [7, 11) is 0. The van der Waals surface area contributed by atoms with Crippen LogP contribution in [0.1, 0.15) is 89.2 Å². The maximum atomic E-state index is 14.9. The minimum Gasteiger partial charge on any atom is -0.455 e. The van der Waals surface area contributed by atoms with E-state index in [-0.39, 0.29) is 36.8 Å². The number of unbranched alkanes of at least 4 members (excludes halogenated alkanes) is 3. The predicted molar refractivity (Wildman–Crippen MR) is 175 cm³/mol. The Kier molecular flexibility index (Phi) is 10.5. The molecule has 3 fully saturated rings. The van der Waals surface area contributed by atoms with Crippen molar-refractivity contribution in [3.63, 3.8) is 0 Å². The molecule has 1 aromatic carbocycles. The Balaban J connectivity index is 1.38. The molecule has 0 radical (unpaired) electrons. The fourth-order valence-electron chi connectivity index (χ4n) is 8.40. The van der Waals surface area contributed by atoms with E-state index < -0.39 is 47.7 Å². The van der Waals surface area contributed by atoms with Gasteiger partial charge in [-0.15, -0.1) is 0 Å². The molecule has 7 atom stereocenters. The van der Waals surface area contributed by atoms with Crippen LogP contribution in [0.4, 0.5) is 0 Å². The molecule has 0 aromatic heterocycles. The summed E-state index contributed by atoms with van der Waals surface area (Å²) in [5.74, 6) is -2.94. The lowest BCUT2D eigenvalue weighted by molar-refractivity contribution is -0.161. The van der Waals surface area contributed by atoms with Gasteiger partial charge in [0.15, 0.2) is 0 Å². The van der Waals surface area contributed by atoms with Crippen molar-refractivity contribution >= 4 is 23.7 Å². The maximum Gasteiger partial charge on any atom is 0.313 e. The van der Waals surface area contributed by atoms with Crippen molar-refractivity contribution in [1.82, 2.24) is 15.1 Å². The lowest BCUT2D eigenvalue weighted by atomic mass is 9.74. The number of carbonyl (C=O) groups is 4. The Morgan fingerprint density at radius 2 is 1.72 bits per heavy atom. The van der Waals surface area contributed by atoms with Gasteiger partial charge in [0.1, 0.15) is 23.7 Å². The molecule has 5 aliphatic rings. The number of esters is 1. The topological polar surface area (TPSA) is 125 Å². The molecule has 1 saturated carbocycles. The molecule has 1 spiro atoms. The average Bonchev–Trinajstić information content (AvgIpc) is 3.72. The number of nitrogens with one attached hydrogen (secondary N) is 1. The highest BCUT2D eigenvalue weighted by Gasteiger charge is 2.73. The minimum absolute atomic E-state index is 0.0408. The number of carbonyl (C=O) groups excluding carboxylic acids is 4. The molecule has 1 aliphatic carbocycles. The number of nitrogens with zero attached hydrogens (tertiary/aromatic N) is 2. The molecule has 5 bridgehead atoms. The molecule has 254 valence electrons. The van der Waals surface area contributed by atoms with E-state index in [4.69, 9.17) is 9.47 Å². The van der Waals surface area contributed by atoms with Crippen LogP contribution >= 0.6 is 0 Å². The molecule has 2 saturated heterocycles. The Morgan fingerprint density at radius 3 is 2.49 bits per heavy atom. The average molecular weight is 648 g/mol. The fourth-order valence-corrected chi connectivity index (χ4v) is 8.40. The summed E-state index contributed by atoms with van der Waals surface area (Å²) >= 11 is 0. The van der Waals surface area contributed by atoms with Crippen molar-refractivity contribution in [2.24, 2.45) is 11.8 Å². The highest BCUT2D eigenvalue weighted by atomic mass is 16.6. The van der Waals surface area contributed by atoms with Gasteiger partial charge in [0, 0.05) is 32.2 Å². The number of hydrogen-bond acceptors (Lipinski definition) is 7. The van der Waals surface area contributed by atoms with E-state index in [9.17, 15) is 24.3 Å². The van der Waals surface area contributed by atoms with Crippen molar-refractivity contribution in [3.05, 3.63) is 60.2 Å². The second-order valence-electron chi connectivity index (χ2n) is 13.8. The predicted octanol–water partition coefficient (Wildman–Crippen LogP) is 3.99. The number of amides is 3. The van der Waals surface area contributed by atoms with Gasteiger partial charge in [-0.05, 0) is 44.6 Å². The smallest absolute Gasteiger partial charge is 0.313 e. The van der Waals surface area contributed by atoms with Gasteiger partial charge in [0.2, 0.25) is 17.7 Å². The summed E-state index contributed by atoms with van der Waals surface area (Å²) in [4.78, 5) is 60.2. The molecule has 6 rings (SSSR count). The summed E-state index contributed by atoms with van der Waals surface area (Å²) < 4.78 is 12.9. The number of ether oxygens (including phenoxy) is 2. The highest BCUT2D eigenvalue weighted by molar-refractivity contribution is 5.99. The monoisotopic (exact) mass is 647 g/mol. The van der Waals surface area contributed by atoms with Crippen LogP contribution in [0.3, 0.4) is 0 Å². The van der Waals surface area contributed by atoms with Gasteiger partial charge in [-0.25, -0.2) is 0 Å². The molecule has 10 nitrogen and oxygen atoms in total. The molecule has 47 heavy (non-hydrogen) atoms. The van der Waals surface area contributed by atoms with E-state index in [1.54, 1.807) is 4.90 Å². The molecule has 1 aromatic rings. The van der Waals surface area contributed by atoms with Crippen LogP contribution in [0.25, 0.3) is 0 Å². The first-order valence-electron chi connectivity index (χ1n) is 17.6. The second kappa shape index (κ2) is 14.7. The van der Waals surface area contributed by atoms with E-state index in [2.05, 4.69) is 5.32 Å². The van der Waals surface area contributed by atoms with Crippen molar-refractivity contribution in [2.45, 2.75) is 113 Å². The van der Waals surface area contributed by atoms with E-state index in [0.717, 1.165) is 50.5 Å². The highest BCUT2D eigenvalue weighted by Crippen LogP contribution is 2.56. The van der Waals surface area contributed by atoms with Crippen molar-refractivity contribution in [2.75, 3.05) is 19.7 Å². The van der Waals surface area contributed by atoms with Crippen LogP contribution in [0.15, 0.2) is 54.6 Å². The molecule has 10 heteroatoms. The number of benzene rings is 1. The largest absolute Gasteiger partial charge is 0.455 e. The third-order valence-corrected chi connectivity index (χ3v) is 10.7. The first-order valence-corrected chi connectivity index (χ1v) is 17.6. The summed E-state index contributed by atoms with van der Waals surface area (Å²) in [6.45, 7) is 2.69. The van der Waals surface area contributed by atoms with Crippen LogP contribution in [-0.2, 0) is 28.7 Å². The second-order valence-corrected chi connectivity index (χ2v) is 13.8. The normalized spacial score (nSPS) is 34.0. The molecule has 0 unspecified atom stereocenters. The van der Waals surface area contributed by atoms with Gasteiger partial charge in [-0.2, -0.15) is 0 Å². The summed E-state index contributed by atoms with van der Waals surface area (Å²) in [6, 6.07) is 7.93. The molecule has 4 aliphatic heterocycles. The summed E-state index contributed by atoms with van der Waals surface area (Å²) in [5.41, 5.74) is -0.528. The number of cyclic esters (lactones) is 1. The molecular weight excluding hydrogens is 598 g/mol. The lowest BCUT2D eigenvalue weighted by Gasteiger charge is -2.40. The Labute approximate surface area is 277 Å². The first-order chi connectivity index (χ1) is 22.9. The number of rotatable bonds is 8. The fraction of sp³-hybridized carbons (Fsp3) is 0.622. The Hall–Kier alpha value is -3.50. The van der Waals surface area contributed by atoms with Gasteiger partial charge in [-0.3, -0.25) is 19.2 Å². The molecule has 4 heterocycles. The molecular formula is C37H49N3O7. The number of aliphatic hydroxyl groups excluding tert-OH is 1. The van der Waals surface area contributed by atoms with Crippen LogP contribution < -0.4 is 5.32 Å². The third kappa shape index (κ3) is 6.64. The van der Waals surface area contributed by atoms with Crippen molar-refractivity contribution < 1.29 is 33.8 Å². The van der Waals surface area contributed by atoms with Crippen LogP contribution in [0.5, 0.6) is 0 Å². The van der Waals surface area contributed by atoms with Crippen LogP contribution in [0.2, 0.25) is 0 Å². The zero-order valence-electron chi connectivity index (χ0n) is 27.4. The molecule has 3 amide bonds. The van der Waals surface area contributed by atoms with Crippen molar-refractivity contribution in [1.29, 1.82) is 0 Å². The van der Waals surface area contributed by atoms with Crippen LogP contribution in [-0.4, -0.2) is 88.1 Å². The lowest BCUT2D eigenvalue weighted by Crippen LogP contribution is -2.58. The van der Waals surface area contributed by atoms with Crippen molar-refractivity contribution in [3.8, 4) is 0 Å². The summed E-state index contributed by atoms with van der Waals surface area (Å²) in [6.07, 6.45) is 14.9. The number of allylic oxidation sites excluding steroid dienone is 1. The summed E-state index contributed by atoms with van der Waals surface area (Å²) in [5, 5.41) is 12.3. The van der Waals surface area contributed by atoms with Gasteiger partial charge in [0.25, 0.3) is 0 Å². The van der Waals surface area contributed by atoms with Gasteiger partial charge < -0.3 is 29.7 Å². The van der Waals surface area contributed by atoms with Gasteiger partial charge in [0.05, 0.1) is 18.1 Å². The third-order valence-electron chi connectivity index (χ3n) is 10.7. The van der Waals surface area contributed by atoms with Crippen LogP contribution in [0, 0.1) is 11.8 Å². The van der Waals surface area contributed by atoms with E-state index in [1.807, 2.05) is 66.5 Å². The SMILES string of the molecule is C[C@H]1NC(=O)CC/C=C\CN(C2CCCCC2)C(=O)[C@@H]2N(CCCCCCO)C(=O)[C@H]3[C@H](C(=O)O[C@@H]1c1ccccc1)[C@@H]1C=C[C@]23O1. The molecule has 2 N–H and O–H groups in total. The first kappa shape index (κ1) is 33.4. The minimum atomic E-state index is -1.26. The van der Waals surface area contributed by atoms with E-state index in [0.29, 0.717) is 32.4 Å². The van der Waals surface area contributed by atoms with E-state index >= 15 is 0 Å². The number of likely N-dealkylation sites (tertiary alicyclic amines) is 1. The number of fused-ring (bicyclic) bond motifs is 2. The van der Waals surface area contributed by atoms with Gasteiger partial charge in [-0.1, -0.05) is 86.7 Å². The zero-order chi connectivity index (χ0) is 33.0. The Morgan fingerprint density at radius 1 is 0.957 bits per heavy atom. The number of aliphatic hydroxyl groups is 1. The quantitative estimate of drug-likeness (QED) is 0.248. The van der Waals surface area contributed by atoms with E-state index in [1.165, 1.54) is 0 Å². The number of hydrogen-bond donors (Lipinski definition) is 2. The standard InChI is InChI=1S/C37H49N3O7/c1-25-32(26-15-7-4-8-16-26)46-36(45)30-28-20-21-37(47-28)31(30)34(43)40(23-12-2-3-14-24-41)33(37)35(44)39(27-17-9-5-10-18-27)22-13-6-11-19-29(42)38-25/h4,6-8,13,15-16,20-21,25,27-28,30-33,41H,2-3,5,9-12,14,17-19,22-24H2,1H3,(H,38,42)/b13-6-/t25-,28+,30-,31-,32+,33+,37-/m1/s1. The zero-order valence-corrected chi connectivity index (χ0v) is 27.4.